The zero-order chi connectivity index (χ0) is 12.4. The molecule has 1 fully saturated rings. The van der Waals surface area contributed by atoms with E-state index in [9.17, 15) is 0 Å². The second-order valence-electron chi connectivity index (χ2n) is 5.29. The average molecular weight is 236 g/mol. The summed E-state index contributed by atoms with van der Waals surface area (Å²) >= 11 is 0. The van der Waals surface area contributed by atoms with Crippen LogP contribution in [0.5, 0.6) is 0 Å². The first-order valence-electron chi connectivity index (χ1n) is 6.59. The van der Waals surface area contributed by atoms with E-state index in [2.05, 4.69) is 30.0 Å². The van der Waals surface area contributed by atoms with Gasteiger partial charge in [0.2, 0.25) is 0 Å². The van der Waals surface area contributed by atoms with Crippen LogP contribution >= 0.6 is 0 Å². The van der Waals surface area contributed by atoms with Gasteiger partial charge in [-0.3, -0.25) is 9.58 Å². The van der Waals surface area contributed by atoms with E-state index in [0.29, 0.717) is 12.0 Å². The number of hydrogen-bond donors (Lipinski definition) is 1. The maximum atomic E-state index is 6.05. The van der Waals surface area contributed by atoms with Crippen LogP contribution in [0.4, 0.5) is 0 Å². The normalized spacial score (nSPS) is 26.4. The second kappa shape index (κ2) is 5.19. The van der Waals surface area contributed by atoms with Gasteiger partial charge in [0, 0.05) is 37.9 Å². The van der Waals surface area contributed by atoms with Crippen LogP contribution in [-0.4, -0.2) is 33.8 Å². The molecular weight excluding hydrogens is 212 g/mol. The molecule has 2 rings (SSSR count). The van der Waals surface area contributed by atoms with Crippen molar-refractivity contribution in [2.45, 2.75) is 39.3 Å². The van der Waals surface area contributed by atoms with Gasteiger partial charge in [-0.05, 0) is 25.3 Å². The molecule has 96 valence electrons. The Morgan fingerprint density at radius 2 is 2.29 bits per heavy atom. The van der Waals surface area contributed by atoms with Gasteiger partial charge in [0.25, 0.3) is 0 Å². The Morgan fingerprint density at radius 3 is 2.94 bits per heavy atom. The summed E-state index contributed by atoms with van der Waals surface area (Å²) in [6.07, 6.45) is 4.28. The first-order chi connectivity index (χ1) is 8.10. The van der Waals surface area contributed by atoms with Crippen molar-refractivity contribution in [1.82, 2.24) is 14.7 Å². The zero-order valence-electron chi connectivity index (χ0n) is 11.2. The zero-order valence-corrected chi connectivity index (χ0v) is 11.2. The van der Waals surface area contributed by atoms with Crippen molar-refractivity contribution >= 4 is 0 Å². The molecule has 1 saturated heterocycles. The summed E-state index contributed by atoms with van der Waals surface area (Å²) in [6, 6.07) is 0.380. The highest BCUT2D eigenvalue weighted by Gasteiger charge is 2.23. The monoisotopic (exact) mass is 236 g/mol. The first-order valence-corrected chi connectivity index (χ1v) is 6.59. The molecule has 2 atom stereocenters. The van der Waals surface area contributed by atoms with Crippen molar-refractivity contribution in [1.29, 1.82) is 0 Å². The molecule has 17 heavy (non-hydrogen) atoms. The molecule has 2 unspecified atom stereocenters. The van der Waals surface area contributed by atoms with Crippen LogP contribution in [0.1, 0.15) is 31.5 Å². The number of nitrogens with two attached hydrogens (primary N) is 1. The van der Waals surface area contributed by atoms with Crippen molar-refractivity contribution in [2.75, 3.05) is 13.1 Å². The summed E-state index contributed by atoms with van der Waals surface area (Å²) in [6.45, 7) is 7.66. The summed E-state index contributed by atoms with van der Waals surface area (Å²) in [7, 11) is 2.00. The van der Waals surface area contributed by atoms with E-state index in [-0.39, 0.29) is 0 Å². The third kappa shape index (κ3) is 2.87. The van der Waals surface area contributed by atoms with Gasteiger partial charge in [0.1, 0.15) is 0 Å². The summed E-state index contributed by atoms with van der Waals surface area (Å²) < 4.78 is 1.92. The molecule has 0 spiro atoms. The average Bonchev–Trinajstić information content (AvgIpc) is 2.64. The number of nitrogens with zero attached hydrogens (tertiary/aromatic N) is 3. The Kier molecular flexibility index (Phi) is 3.84. The quantitative estimate of drug-likeness (QED) is 0.856. The molecule has 0 saturated carbocycles. The number of aromatic nitrogens is 2. The molecule has 1 aromatic rings. The van der Waals surface area contributed by atoms with Crippen LogP contribution in [0.2, 0.25) is 0 Å². The second-order valence-corrected chi connectivity index (χ2v) is 5.29. The third-order valence-electron chi connectivity index (χ3n) is 3.78. The molecule has 1 aliphatic rings. The predicted octanol–water partition coefficient (Wildman–Crippen LogP) is 1.15. The van der Waals surface area contributed by atoms with Gasteiger partial charge >= 0.3 is 0 Å². The Bertz CT molecular complexity index is 371. The standard InChI is InChI=1S/C13H24N4/c1-4-13-11(8-16(3)15-13)9-17-6-5-12(14)10(2)7-17/h8,10,12H,4-7,9,14H2,1-3H3. The van der Waals surface area contributed by atoms with E-state index in [1.807, 2.05) is 11.7 Å². The van der Waals surface area contributed by atoms with Crippen molar-refractivity contribution in [3.8, 4) is 0 Å². The molecule has 1 aliphatic heterocycles. The van der Waals surface area contributed by atoms with E-state index in [1.165, 1.54) is 11.3 Å². The molecule has 4 heteroatoms. The molecular formula is C13H24N4. The maximum Gasteiger partial charge on any atom is 0.0666 e. The summed E-state index contributed by atoms with van der Waals surface area (Å²) in [4.78, 5) is 2.50. The number of rotatable bonds is 3. The smallest absolute Gasteiger partial charge is 0.0666 e. The van der Waals surface area contributed by atoms with Crippen LogP contribution in [0.3, 0.4) is 0 Å². The molecule has 0 aromatic carbocycles. The highest BCUT2D eigenvalue weighted by Crippen LogP contribution is 2.18. The van der Waals surface area contributed by atoms with E-state index < -0.39 is 0 Å². The number of likely N-dealkylation sites (tertiary alicyclic amines) is 1. The molecule has 0 amide bonds. The van der Waals surface area contributed by atoms with Gasteiger partial charge in [-0.25, -0.2) is 0 Å². The lowest BCUT2D eigenvalue weighted by atomic mass is 9.94. The molecule has 2 N–H and O–H groups in total. The van der Waals surface area contributed by atoms with Crippen LogP contribution in [-0.2, 0) is 20.0 Å². The van der Waals surface area contributed by atoms with Gasteiger partial charge in [0.05, 0.1) is 5.69 Å². The number of hydrogen-bond acceptors (Lipinski definition) is 3. The number of piperidine rings is 1. The van der Waals surface area contributed by atoms with Crippen LogP contribution in [0, 0.1) is 5.92 Å². The fourth-order valence-corrected chi connectivity index (χ4v) is 2.65. The molecule has 2 heterocycles. The van der Waals surface area contributed by atoms with Crippen LogP contribution in [0.25, 0.3) is 0 Å². The van der Waals surface area contributed by atoms with Crippen LogP contribution in [0.15, 0.2) is 6.20 Å². The van der Waals surface area contributed by atoms with E-state index >= 15 is 0 Å². The summed E-state index contributed by atoms with van der Waals surface area (Å²) in [5.41, 5.74) is 8.66. The Labute approximate surface area is 104 Å². The summed E-state index contributed by atoms with van der Waals surface area (Å²) in [5.74, 6) is 0.602. The van der Waals surface area contributed by atoms with Gasteiger partial charge < -0.3 is 5.73 Å². The predicted molar refractivity (Wildman–Crippen MR) is 69.6 cm³/mol. The Morgan fingerprint density at radius 1 is 1.53 bits per heavy atom. The van der Waals surface area contributed by atoms with Gasteiger partial charge in [-0.1, -0.05) is 13.8 Å². The third-order valence-corrected chi connectivity index (χ3v) is 3.78. The first kappa shape index (κ1) is 12.6. The minimum atomic E-state index is 0.380. The molecule has 0 aliphatic carbocycles. The molecule has 0 radical (unpaired) electrons. The van der Waals surface area contributed by atoms with Crippen LogP contribution < -0.4 is 5.73 Å². The highest BCUT2D eigenvalue weighted by atomic mass is 15.3. The molecule has 0 bridgehead atoms. The lowest BCUT2D eigenvalue weighted by Crippen LogP contribution is -2.45. The van der Waals surface area contributed by atoms with Crippen molar-refractivity contribution in [3.63, 3.8) is 0 Å². The lowest BCUT2D eigenvalue weighted by molar-refractivity contribution is 0.157. The summed E-state index contributed by atoms with van der Waals surface area (Å²) in [5, 5.41) is 4.49. The topological polar surface area (TPSA) is 47.1 Å². The fourth-order valence-electron chi connectivity index (χ4n) is 2.65. The SMILES string of the molecule is CCc1nn(C)cc1CN1CCC(N)C(C)C1. The molecule has 1 aromatic heterocycles. The Balaban J connectivity index is 2.00. The minimum absolute atomic E-state index is 0.380. The van der Waals surface area contributed by atoms with Crippen molar-refractivity contribution in [3.05, 3.63) is 17.5 Å². The van der Waals surface area contributed by atoms with E-state index in [4.69, 9.17) is 5.73 Å². The fraction of sp³-hybridized carbons (Fsp3) is 0.769. The largest absolute Gasteiger partial charge is 0.327 e. The van der Waals surface area contributed by atoms with E-state index in [0.717, 1.165) is 32.5 Å². The van der Waals surface area contributed by atoms with Gasteiger partial charge in [0.15, 0.2) is 0 Å². The van der Waals surface area contributed by atoms with Crippen molar-refractivity contribution in [2.24, 2.45) is 18.7 Å². The van der Waals surface area contributed by atoms with E-state index in [1.54, 1.807) is 0 Å². The number of aryl methyl sites for hydroxylation is 2. The molecule has 4 nitrogen and oxygen atoms in total. The van der Waals surface area contributed by atoms with Gasteiger partial charge in [-0.2, -0.15) is 5.10 Å². The van der Waals surface area contributed by atoms with Crippen molar-refractivity contribution < 1.29 is 0 Å². The highest BCUT2D eigenvalue weighted by molar-refractivity contribution is 5.17. The lowest BCUT2D eigenvalue weighted by Gasteiger charge is -2.34. The maximum absolute atomic E-state index is 6.05. The Hall–Kier alpha value is -0.870. The minimum Gasteiger partial charge on any atom is -0.327 e. The van der Waals surface area contributed by atoms with Gasteiger partial charge in [-0.15, -0.1) is 0 Å².